The van der Waals surface area contributed by atoms with Crippen LogP contribution in [0.15, 0.2) is 24.3 Å². The minimum Gasteiger partial charge on any atom is -0.330 e. The number of benzene rings is 1. The van der Waals surface area contributed by atoms with E-state index in [0.717, 1.165) is 22.2 Å². The van der Waals surface area contributed by atoms with Crippen LogP contribution in [0.5, 0.6) is 0 Å². The summed E-state index contributed by atoms with van der Waals surface area (Å²) in [6.45, 7) is 3.39. The Kier molecular flexibility index (Phi) is 3.76. The maximum atomic E-state index is 3.73. The van der Waals surface area contributed by atoms with Gasteiger partial charge in [-0.15, -0.1) is 0 Å². The molecule has 1 aliphatic heterocycles. The second-order valence-corrected chi connectivity index (χ2v) is 6.57. The molecule has 100 valence electrons. The van der Waals surface area contributed by atoms with Gasteiger partial charge in [0.1, 0.15) is 6.54 Å². The van der Waals surface area contributed by atoms with Crippen LogP contribution in [0, 0.1) is 0 Å². The molecule has 18 heavy (non-hydrogen) atoms. The molecule has 1 aliphatic rings. The SMILES string of the molecule is C[N+](C)(C)CCN[N@+]1(C)CCCc2ccccc21. The predicted octanol–water partition coefficient (Wildman–Crippen LogP) is 1.78. The molecule has 1 aromatic rings. The number of nitrogens with zero attached hydrogens (tertiary/aromatic N) is 2. The van der Waals surface area contributed by atoms with E-state index in [4.69, 9.17) is 0 Å². The molecule has 3 nitrogen and oxygen atoms in total. The van der Waals surface area contributed by atoms with Gasteiger partial charge in [-0.3, -0.25) is 0 Å². The van der Waals surface area contributed by atoms with Gasteiger partial charge in [0.2, 0.25) is 0 Å². The standard InChI is InChI=1S/C15H27N3/c1-17(2,3)13-11-16-18(4)12-7-9-14-8-5-6-10-15(14)18/h5-6,8,10,16H,7,9,11-13H2,1-4H3/q+2/t18-/m1/s1. The van der Waals surface area contributed by atoms with E-state index in [9.17, 15) is 0 Å². The molecule has 0 bridgehead atoms. The van der Waals surface area contributed by atoms with Crippen molar-refractivity contribution in [3.8, 4) is 0 Å². The Morgan fingerprint density at radius 1 is 1.22 bits per heavy atom. The summed E-state index contributed by atoms with van der Waals surface area (Å²) >= 11 is 0. The Bertz CT molecular complexity index is 408. The first-order chi connectivity index (χ1) is 8.41. The van der Waals surface area contributed by atoms with E-state index in [2.05, 4.69) is 57.9 Å². The van der Waals surface area contributed by atoms with E-state index in [1.807, 2.05) is 0 Å². The highest BCUT2D eigenvalue weighted by atomic mass is 15.7. The van der Waals surface area contributed by atoms with Crippen molar-refractivity contribution in [1.29, 1.82) is 0 Å². The average molecular weight is 249 g/mol. The largest absolute Gasteiger partial charge is 0.330 e. The number of fused-ring (bicyclic) bond motifs is 1. The Hall–Kier alpha value is -0.900. The van der Waals surface area contributed by atoms with Crippen LogP contribution in [0.3, 0.4) is 0 Å². The first-order valence-electron chi connectivity index (χ1n) is 6.90. The van der Waals surface area contributed by atoms with E-state index >= 15 is 0 Å². The molecule has 0 saturated heterocycles. The van der Waals surface area contributed by atoms with Crippen LogP contribution in [0.2, 0.25) is 0 Å². The molecule has 0 unspecified atom stereocenters. The van der Waals surface area contributed by atoms with Gasteiger partial charge in [-0.25, -0.2) is 4.59 Å². The van der Waals surface area contributed by atoms with Crippen molar-refractivity contribution in [3.05, 3.63) is 29.8 Å². The summed E-state index contributed by atoms with van der Waals surface area (Å²) in [7, 11) is 9.02. The molecule has 0 fully saturated rings. The third-order valence-electron chi connectivity index (χ3n) is 3.82. The van der Waals surface area contributed by atoms with Crippen molar-refractivity contribution in [2.75, 3.05) is 47.8 Å². The van der Waals surface area contributed by atoms with Crippen LogP contribution in [0.25, 0.3) is 0 Å². The zero-order valence-corrected chi connectivity index (χ0v) is 12.2. The molecule has 0 saturated carbocycles. The Labute approximate surface area is 111 Å². The number of hydrogen-bond acceptors (Lipinski definition) is 1. The van der Waals surface area contributed by atoms with Crippen molar-refractivity contribution in [3.63, 3.8) is 0 Å². The summed E-state index contributed by atoms with van der Waals surface area (Å²) in [5.74, 6) is 0. The fraction of sp³-hybridized carbons (Fsp3) is 0.600. The number of aryl methyl sites for hydroxylation is 1. The summed E-state index contributed by atoms with van der Waals surface area (Å²) in [6.07, 6.45) is 2.49. The molecule has 1 N–H and O–H groups in total. The van der Waals surface area contributed by atoms with Crippen molar-refractivity contribution >= 4 is 5.69 Å². The normalized spacial score (nSPS) is 23.8. The highest BCUT2D eigenvalue weighted by Gasteiger charge is 2.31. The van der Waals surface area contributed by atoms with E-state index in [1.54, 1.807) is 0 Å². The highest BCUT2D eigenvalue weighted by Crippen LogP contribution is 2.29. The lowest BCUT2D eigenvalue weighted by Crippen LogP contribution is -2.60. The minimum atomic E-state index is 0.885. The number of likely N-dealkylation sites (N-methyl/N-ethyl adjacent to an activating group) is 1. The van der Waals surface area contributed by atoms with Gasteiger partial charge >= 0.3 is 0 Å². The van der Waals surface area contributed by atoms with Gasteiger partial charge in [-0.2, -0.15) is 5.43 Å². The summed E-state index contributed by atoms with van der Waals surface area (Å²) in [6, 6.07) is 8.85. The van der Waals surface area contributed by atoms with Crippen LogP contribution in [0.1, 0.15) is 12.0 Å². The molecule has 0 aliphatic carbocycles. The Morgan fingerprint density at radius 3 is 2.67 bits per heavy atom. The molecule has 1 aromatic carbocycles. The molecular weight excluding hydrogens is 222 g/mol. The monoisotopic (exact) mass is 249 g/mol. The van der Waals surface area contributed by atoms with E-state index in [0.29, 0.717) is 0 Å². The fourth-order valence-electron chi connectivity index (χ4n) is 2.71. The molecule has 1 heterocycles. The van der Waals surface area contributed by atoms with Crippen LogP contribution >= 0.6 is 0 Å². The second kappa shape index (κ2) is 5.00. The van der Waals surface area contributed by atoms with E-state index < -0.39 is 0 Å². The van der Waals surface area contributed by atoms with Gasteiger partial charge in [0.05, 0.1) is 41.3 Å². The molecule has 1 atom stereocenters. The fourth-order valence-corrected chi connectivity index (χ4v) is 2.71. The summed E-state index contributed by atoms with van der Waals surface area (Å²) < 4.78 is 1.89. The zero-order valence-electron chi connectivity index (χ0n) is 12.2. The Morgan fingerprint density at radius 2 is 1.94 bits per heavy atom. The van der Waals surface area contributed by atoms with Gasteiger partial charge in [-0.1, -0.05) is 18.2 Å². The van der Waals surface area contributed by atoms with Crippen molar-refractivity contribution in [2.45, 2.75) is 12.8 Å². The highest BCUT2D eigenvalue weighted by molar-refractivity contribution is 5.51. The average Bonchev–Trinajstić information content (AvgIpc) is 2.28. The van der Waals surface area contributed by atoms with Crippen LogP contribution in [-0.4, -0.2) is 52.3 Å². The van der Waals surface area contributed by atoms with Gasteiger partial charge < -0.3 is 4.48 Å². The lowest BCUT2D eigenvalue weighted by molar-refractivity contribution is -0.869. The van der Waals surface area contributed by atoms with Crippen LogP contribution in [0.4, 0.5) is 5.69 Å². The number of quaternary nitrogens is 2. The van der Waals surface area contributed by atoms with Crippen molar-refractivity contribution < 1.29 is 4.48 Å². The summed E-state index contributed by atoms with van der Waals surface area (Å²) in [5, 5.41) is 0. The molecule has 2 rings (SSSR count). The lowest BCUT2D eigenvalue weighted by Gasteiger charge is -2.38. The van der Waals surface area contributed by atoms with Crippen molar-refractivity contribution in [1.82, 2.24) is 10.0 Å². The maximum absolute atomic E-state index is 3.73. The minimum absolute atomic E-state index is 0.885. The molecule has 0 aromatic heterocycles. The third kappa shape index (κ3) is 3.10. The van der Waals surface area contributed by atoms with Crippen molar-refractivity contribution in [2.24, 2.45) is 0 Å². The van der Waals surface area contributed by atoms with E-state index in [-0.39, 0.29) is 0 Å². The van der Waals surface area contributed by atoms with Crippen LogP contribution in [-0.2, 0) is 6.42 Å². The first kappa shape index (κ1) is 13.5. The summed E-state index contributed by atoms with van der Waals surface area (Å²) in [4.78, 5) is 0. The molecule has 0 spiro atoms. The summed E-state index contributed by atoms with van der Waals surface area (Å²) in [5.41, 5.74) is 6.69. The molecular formula is C15H27N3+2. The maximum Gasteiger partial charge on any atom is 0.155 e. The number of para-hydroxylation sites is 1. The van der Waals surface area contributed by atoms with Crippen LogP contribution < -0.4 is 10.0 Å². The van der Waals surface area contributed by atoms with Gasteiger partial charge in [-0.05, 0) is 6.42 Å². The molecule has 3 heteroatoms. The first-order valence-corrected chi connectivity index (χ1v) is 6.90. The van der Waals surface area contributed by atoms with E-state index in [1.165, 1.54) is 30.6 Å². The number of hydrogen-bond donors (Lipinski definition) is 1. The smallest absolute Gasteiger partial charge is 0.155 e. The lowest BCUT2D eigenvalue weighted by atomic mass is 10.0. The molecule has 0 amide bonds. The Balaban J connectivity index is 2.08. The quantitative estimate of drug-likeness (QED) is 0.802. The predicted molar refractivity (Wildman–Crippen MR) is 78.3 cm³/mol. The van der Waals surface area contributed by atoms with Gasteiger partial charge in [0.25, 0.3) is 0 Å². The van der Waals surface area contributed by atoms with Gasteiger partial charge in [0, 0.05) is 18.1 Å². The number of rotatable bonds is 4. The zero-order chi connectivity index (χ0) is 13.2. The number of nitrogens with one attached hydrogen (secondary N) is 1. The topological polar surface area (TPSA) is 12.0 Å². The van der Waals surface area contributed by atoms with Gasteiger partial charge in [0.15, 0.2) is 5.69 Å². The molecule has 0 radical (unpaired) electrons. The third-order valence-corrected chi connectivity index (χ3v) is 3.82. The second-order valence-electron chi connectivity index (χ2n) is 6.57.